The lowest BCUT2D eigenvalue weighted by Gasteiger charge is -2.27. The van der Waals surface area contributed by atoms with Crippen LogP contribution in [0.3, 0.4) is 0 Å². The fourth-order valence-electron chi connectivity index (χ4n) is 3.05. The van der Waals surface area contributed by atoms with E-state index in [0.29, 0.717) is 24.2 Å². The first-order valence-corrected chi connectivity index (χ1v) is 8.40. The van der Waals surface area contributed by atoms with Crippen molar-refractivity contribution in [2.45, 2.75) is 13.8 Å². The van der Waals surface area contributed by atoms with Gasteiger partial charge in [-0.2, -0.15) is 0 Å². The van der Waals surface area contributed by atoms with Crippen LogP contribution in [0.25, 0.3) is 11.3 Å². The predicted molar refractivity (Wildman–Crippen MR) is 103 cm³/mol. The van der Waals surface area contributed by atoms with Crippen LogP contribution in [-0.2, 0) is 0 Å². The van der Waals surface area contributed by atoms with E-state index < -0.39 is 5.56 Å². The maximum Gasteiger partial charge on any atom is 0.262 e. The standard InChI is InChI=1S/C21H20N2O3/c1-3-23(16-10-5-4-6-11-16)19-18(15-9-7-8-14(2)12-15)22-21(26)17(13-24)20(19)25/h4-13H,3H2,1-2H3,(H2,22,25,26). The summed E-state index contributed by atoms with van der Waals surface area (Å²) in [5, 5.41) is 10.8. The number of benzene rings is 2. The maximum absolute atomic E-state index is 12.3. The highest BCUT2D eigenvalue weighted by atomic mass is 16.3. The molecule has 3 rings (SSSR count). The van der Waals surface area contributed by atoms with Gasteiger partial charge in [0.05, 0.1) is 5.69 Å². The Morgan fingerprint density at radius 1 is 1.12 bits per heavy atom. The molecule has 0 unspecified atom stereocenters. The SMILES string of the molecule is CCN(c1ccccc1)c1c(-c2cccc(C)c2)[nH]c(=O)c(C=O)c1O. The Balaban J connectivity index is 2.34. The van der Waals surface area contributed by atoms with Gasteiger partial charge in [-0.3, -0.25) is 9.59 Å². The molecule has 0 spiro atoms. The van der Waals surface area contributed by atoms with E-state index in [-0.39, 0.29) is 11.3 Å². The average Bonchev–Trinajstić information content (AvgIpc) is 2.65. The molecule has 2 N–H and O–H groups in total. The lowest BCUT2D eigenvalue weighted by Crippen LogP contribution is -2.22. The molecular formula is C21H20N2O3. The van der Waals surface area contributed by atoms with Gasteiger partial charge < -0.3 is 15.0 Å². The molecule has 1 aromatic heterocycles. The number of rotatable bonds is 5. The van der Waals surface area contributed by atoms with Crippen molar-refractivity contribution in [3.63, 3.8) is 0 Å². The van der Waals surface area contributed by atoms with Crippen LogP contribution in [0, 0.1) is 6.92 Å². The van der Waals surface area contributed by atoms with Crippen LogP contribution in [-0.4, -0.2) is 22.9 Å². The molecule has 0 aliphatic carbocycles. The zero-order chi connectivity index (χ0) is 18.7. The third-order valence-corrected chi connectivity index (χ3v) is 4.28. The van der Waals surface area contributed by atoms with Crippen LogP contribution in [0.5, 0.6) is 5.75 Å². The Bertz CT molecular complexity index is 994. The van der Waals surface area contributed by atoms with Gasteiger partial charge in [-0.25, -0.2) is 0 Å². The number of nitrogens with one attached hydrogen (secondary N) is 1. The molecule has 0 aliphatic heterocycles. The minimum atomic E-state index is -0.609. The number of aromatic nitrogens is 1. The molecule has 0 fully saturated rings. The molecule has 132 valence electrons. The number of anilines is 2. The van der Waals surface area contributed by atoms with Crippen LogP contribution in [0.2, 0.25) is 0 Å². The molecule has 0 bridgehead atoms. The number of H-pyrrole nitrogens is 1. The number of aromatic amines is 1. The van der Waals surface area contributed by atoms with E-state index in [9.17, 15) is 14.7 Å². The van der Waals surface area contributed by atoms with Gasteiger partial charge in [-0.05, 0) is 32.0 Å². The molecule has 0 radical (unpaired) electrons. The number of carbonyl (C=O) groups excluding carboxylic acids is 1. The van der Waals surface area contributed by atoms with Crippen molar-refractivity contribution in [3.8, 4) is 17.0 Å². The summed E-state index contributed by atoms with van der Waals surface area (Å²) < 4.78 is 0. The molecule has 5 heteroatoms. The van der Waals surface area contributed by atoms with E-state index >= 15 is 0 Å². The highest BCUT2D eigenvalue weighted by molar-refractivity contribution is 5.91. The molecule has 0 aliphatic rings. The van der Waals surface area contributed by atoms with Crippen molar-refractivity contribution < 1.29 is 9.90 Å². The third-order valence-electron chi connectivity index (χ3n) is 4.28. The number of nitrogens with zero attached hydrogens (tertiary/aromatic N) is 1. The number of pyridine rings is 1. The minimum Gasteiger partial charge on any atom is -0.505 e. The van der Waals surface area contributed by atoms with Crippen molar-refractivity contribution >= 4 is 17.7 Å². The molecule has 0 saturated heterocycles. The number of para-hydroxylation sites is 1. The van der Waals surface area contributed by atoms with E-state index in [0.717, 1.165) is 16.8 Å². The van der Waals surface area contributed by atoms with Gasteiger partial charge in [0.25, 0.3) is 5.56 Å². The average molecular weight is 348 g/mol. The monoisotopic (exact) mass is 348 g/mol. The van der Waals surface area contributed by atoms with Crippen LogP contribution >= 0.6 is 0 Å². The van der Waals surface area contributed by atoms with E-state index in [1.165, 1.54) is 0 Å². The van der Waals surface area contributed by atoms with Crippen LogP contribution in [0.1, 0.15) is 22.8 Å². The van der Waals surface area contributed by atoms with Gasteiger partial charge >= 0.3 is 0 Å². The number of aryl methyl sites for hydroxylation is 1. The normalized spacial score (nSPS) is 10.5. The number of aromatic hydroxyl groups is 1. The van der Waals surface area contributed by atoms with Gasteiger partial charge in [0.15, 0.2) is 12.0 Å². The molecule has 0 saturated carbocycles. The molecule has 1 heterocycles. The summed E-state index contributed by atoms with van der Waals surface area (Å²) in [7, 11) is 0. The summed E-state index contributed by atoms with van der Waals surface area (Å²) in [5.74, 6) is -0.314. The first-order valence-electron chi connectivity index (χ1n) is 8.40. The van der Waals surface area contributed by atoms with E-state index in [1.54, 1.807) is 0 Å². The van der Waals surface area contributed by atoms with Crippen LogP contribution < -0.4 is 10.5 Å². The summed E-state index contributed by atoms with van der Waals surface area (Å²) in [6, 6.07) is 17.1. The van der Waals surface area contributed by atoms with Gasteiger partial charge in [-0.1, -0.05) is 42.0 Å². The summed E-state index contributed by atoms with van der Waals surface area (Å²) in [6.45, 7) is 4.44. The minimum absolute atomic E-state index is 0.272. The summed E-state index contributed by atoms with van der Waals surface area (Å²) in [6.07, 6.45) is 0.385. The molecular weight excluding hydrogens is 328 g/mol. The molecule has 3 aromatic rings. The lowest BCUT2D eigenvalue weighted by molar-refractivity contribution is 0.111. The van der Waals surface area contributed by atoms with Crippen molar-refractivity contribution in [2.75, 3.05) is 11.4 Å². The largest absolute Gasteiger partial charge is 0.505 e. The highest BCUT2D eigenvalue weighted by Gasteiger charge is 2.23. The van der Waals surface area contributed by atoms with Crippen molar-refractivity contribution in [1.82, 2.24) is 4.98 Å². The summed E-state index contributed by atoms with van der Waals surface area (Å²) in [4.78, 5) is 28.3. The van der Waals surface area contributed by atoms with Gasteiger partial charge in [-0.15, -0.1) is 0 Å². The second kappa shape index (κ2) is 7.27. The Kier molecular flexibility index (Phi) is 4.89. The number of carbonyl (C=O) groups is 1. The molecule has 2 aromatic carbocycles. The van der Waals surface area contributed by atoms with Crippen molar-refractivity contribution in [1.29, 1.82) is 0 Å². The molecule has 26 heavy (non-hydrogen) atoms. The quantitative estimate of drug-likeness (QED) is 0.683. The highest BCUT2D eigenvalue weighted by Crippen LogP contribution is 2.40. The van der Waals surface area contributed by atoms with Crippen LogP contribution in [0.4, 0.5) is 11.4 Å². The predicted octanol–water partition coefficient (Wildman–Crippen LogP) is 4.03. The first-order chi connectivity index (χ1) is 12.6. The fraction of sp³-hybridized carbons (Fsp3) is 0.143. The van der Waals surface area contributed by atoms with E-state index in [4.69, 9.17) is 0 Å². The Morgan fingerprint density at radius 3 is 2.46 bits per heavy atom. The molecule has 5 nitrogen and oxygen atoms in total. The second-order valence-corrected chi connectivity index (χ2v) is 6.01. The van der Waals surface area contributed by atoms with Gasteiger partial charge in [0.1, 0.15) is 11.3 Å². The Hall–Kier alpha value is -3.34. The van der Waals surface area contributed by atoms with Crippen molar-refractivity contribution in [3.05, 3.63) is 76.1 Å². The smallest absolute Gasteiger partial charge is 0.262 e. The second-order valence-electron chi connectivity index (χ2n) is 6.01. The molecule has 0 amide bonds. The van der Waals surface area contributed by atoms with E-state index in [1.807, 2.05) is 73.3 Å². The van der Waals surface area contributed by atoms with E-state index in [2.05, 4.69) is 4.98 Å². The number of hydrogen-bond acceptors (Lipinski definition) is 4. The third kappa shape index (κ3) is 3.11. The zero-order valence-electron chi connectivity index (χ0n) is 14.7. The molecule has 0 atom stereocenters. The maximum atomic E-state index is 12.3. The van der Waals surface area contributed by atoms with Crippen LogP contribution in [0.15, 0.2) is 59.4 Å². The first kappa shape index (κ1) is 17.5. The topological polar surface area (TPSA) is 73.4 Å². The van der Waals surface area contributed by atoms with Gasteiger partial charge in [0, 0.05) is 17.8 Å². The van der Waals surface area contributed by atoms with Gasteiger partial charge in [0.2, 0.25) is 0 Å². The number of hydrogen-bond donors (Lipinski definition) is 2. The number of aldehydes is 1. The summed E-state index contributed by atoms with van der Waals surface area (Å²) in [5.41, 5.74) is 2.64. The fourth-order valence-corrected chi connectivity index (χ4v) is 3.05. The Labute approximate surface area is 151 Å². The van der Waals surface area contributed by atoms with Crippen molar-refractivity contribution in [2.24, 2.45) is 0 Å². The Morgan fingerprint density at radius 2 is 1.85 bits per heavy atom. The zero-order valence-corrected chi connectivity index (χ0v) is 14.7. The lowest BCUT2D eigenvalue weighted by atomic mass is 10.0. The summed E-state index contributed by atoms with van der Waals surface area (Å²) >= 11 is 0.